The van der Waals surface area contributed by atoms with Crippen molar-refractivity contribution in [3.8, 4) is 5.75 Å². The van der Waals surface area contributed by atoms with Crippen molar-refractivity contribution in [2.24, 2.45) is 0 Å². The molecule has 8 heteroatoms. The summed E-state index contributed by atoms with van der Waals surface area (Å²) in [6, 6.07) is 12.0. The van der Waals surface area contributed by atoms with Crippen LogP contribution in [-0.2, 0) is 9.53 Å². The number of benzene rings is 2. The molecule has 0 saturated heterocycles. The first-order chi connectivity index (χ1) is 13.2. The van der Waals surface area contributed by atoms with Crippen LogP contribution in [0.4, 0.5) is 5.69 Å². The van der Waals surface area contributed by atoms with Crippen molar-refractivity contribution in [3.05, 3.63) is 48.0 Å². The van der Waals surface area contributed by atoms with Crippen LogP contribution >= 0.6 is 11.7 Å². The fraction of sp³-hybridized carbons (Fsp3) is 0.263. The summed E-state index contributed by atoms with van der Waals surface area (Å²) in [7, 11) is 0. The molecule has 3 aromatic rings. The van der Waals surface area contributed by atoms with Crippen molar-refractivity contribution in [1.82, 2.24) is 8.75 Å². The Morgan fingerprint density at radius 1 is 1.11 bits per heavy atom. The number of nitrogens with one attached hydrogen (secondary N) is 1. The Kier molecular flexibility index (Phi) is 6.32. The van der Waals surface area contributed by atoms with Gasteiger partial charge in [0.1, 0.15) is 16.8 Å². The van der Waals surface area contributed by atoms with E-state index in [2.05, 4.69) is 21.0 Å². The van der Waals surface area contributed by atoms with Gasteiger partial charge in [0.2, 0.25) is 0 Å². The zero-order chi connectivity index (χ0) is 19.1. The van der Waals surface area contributed by atoms with Gasteiger partial charge in [-0.25, -0.2) is 4.79 Å². The molecule has 0 saturated carbocycles. The Bertz CT molecular complexity index is 924. The monoisotopic (exact) mass is 385 g/mol. The number of unbranched alkanes of at least 4 members (excludes halogenated alkanes) is 1. The van der Waals surface area contributed by atoms with E-state index in [4.69, 9.17) is 9.47 Å². The largest absolute Gasteiger partial charge is 0.494 e. The van der Waals surface area contributed by atoms with Gasteiger partial charge in [-0.3, -0.25) is 4.79 Å². The lowest BCUT2D eigenvalue weighted by atomic mass is 10.2. The van der Waals surface area contributed by atoms with Gasteiger partial charge in [-0.15, -0.1) is 0 Å². The van der Waals surface area contributed by atoms with Crippen molar-refractivity contribution >= 4 is 40.3 Å². The topological polar surface area (TPSA) is 90.4 Å². The van der Waals surface area contributed by atoms with Gasteiger partial charge in [0.05, 0.1) is 29.6 Å². The van der Waals surface area contributed by atoms with E-state index in [1.165, 1.54) is 0 Å². The third-order valence-electron chi connectivity index (χ3n) is 3.75. The Labute approximate surface area is 160 Å². The van der Waals surface area contributed by atoms with Crippen LogP contribution in [0.25, 0.3) is 11.0 Å². The lowest BCUT2D eigenvalue weighted by Gasteiger charge is -2.08. The minimum Gasteiger partial charge on any atom is -0.494 e. The molecule has 0 radical (unpaired) electrons. The minimum absolute atomic E-state index is 0.358. The highest BCUT2D eigenvalue weighted by Gasteiger charge is 2.12. The van der Waals surface area contributed by atoms with Crippen LogP contribution in [0, 0.1) is 0 Å². The standard InChI is InChI=1S/C19H19N3O4S/c1-2-3-11-25-14-9-7-13(8-10-14)19(24)26-12-17(23)20-15-5-4-6-16-18(15)22-27-21-16/h4-10H,2-3,11-12H2,1H3,(H,20,23). The summed E-state index contributed by atoms with van der Waals surface area (Å²) in [5.41, 5.74) is 2.21. The van der Waals surface area contributed by atoms with Gasteiger partial charge in [0, 0.05) is 0 Å². The fourth-order valence-electron chi connectivity index (χ4n) is 2.33. The van der Waals surface area contributed by atoms with Gasteiger partial charge in [-0.1, -0.05) is 19.4 Å². The second-order valence-corrected chi connectivity index (χ2v) is 6.32. The van der Waals surface area contributed by atoms with Gasteiger partial charge in [0.25, 0.3) is 5.91 Å². The van der Waals surface area contributed by atoms with Crippen LogP contribution in [0.2, 0.25) is 0 Å². The molecule has 27 heavy (non-hydrogen) atoms. The van der Waals surface area contributed by atoms with Crippen molar-refractivity contribution in [1.29, 1.82) is 0 Å². The highest BCUT2D eigenvalue weighted by atomic mass is 32.1. The first-order valence-electron chi connectivity index (χ1n) is 8.58. The highest BCUT2D eigenvalue weighted by Crippen LogP contribution is 2.21. The van der Waals surface area contributed by atoms with Crippen LogP contribution in [0.5, 0.6) is 5.75 Å². The molecule has 0 fully saturated rings. The number of hydrogen-bond acceptors (Lipinski definition) is 7. The summed E-state index contributed by atoms with van der Waals surface area (Å²) in [6.45, 7) is 2.34. The molecule has 0 unspecified atom stereocenters. The molecule has 7 nitrogen and oxygen atoms in total. The quantitative estimate of drug-likeness (QED) is 0.470. The van der Waals surface area contributed by atoms with Crippen LogP contribution in [-0.4, -0.2) is 33.8 Å². The normalized spacial score (nSPS) is 10.6. The average Bonchev–Trinajstić information content (AvgIpc) is 3.17. The minimum atomic E-state index is -0.571. The van der Waals surface area contributed by atoms with Crippen LogP contribution in [0.15, 0.2) is 42.5 Å². The number of fused-ring (bicyclic) bond motifs is 1. The Balaban J connectivity index is 1.51. The van der Waals surface area contributed by atoms with Crippen LogP contribution < -0.4 is 10.1 Å². The summed E-state index contributed by atoms with van der Waals surface area (Å²) in [5, 5.41) is 2.68. The molecule has 2 aromatic carbocycles. The number of carbonyl (C=O) groups is 2. The predicted octanol–water partition coefficient (Wildman–Crippen LogP) is 3.67. The first kappa shape index (κ1) is 18.8. The molecule has 1 heterocycles. The number of rotatable bonds is 8. The summed E-state index contributed by atoms with van der Waals surface area (Å²) in [5.74, 6) is -0.315. The maximum atomic E-state index is 12.1. The molecule has 1 N–H and O–H groups in total. The molecule has 0 atom stereocenters. The van der Waals surface area contributed by atoms with Gasteiger partial charge in [0.15, 0.2) is 6.61 Å². The molecule has 1 amide bonds. The second-order valence-electron chi connectivity index (χ2n) is 5.79. The lowest BCUT2D eigenvalue weighted by Crippen LogP contribution is -2.21. The lowest BCUT2D eigenvalue weighted by molar-refractivity contribution is -0.119. The molecule has 0 aliphatic carbocycles. The van der Waals surface area contributed by atoms with Crippen LogP contribution in [0.3, 0.4) is 0 Å². The number of amides is 1. The molecular weight excluding hydrogens is 366 g/mol. The van der Waals surface area contributed by atoms with E-state index in [9.17, 15) is 9.59 Å². The Morgan fingerprint density at radius 3 is 2.70 bits per heavy atom. The maximum Gasteiger partial charge on any atom is 0.338 e. The smallest absolute Gasteiger partial charge is 0.338 e. The zero-order valence-electron chi connectivity index (χ0n) is 14.8. The Morgan fingerprint density at radius 2 is 1.93 bits per heavy atom. The summed E-state index contributed by atoms with van der Waals surface area (Å²) in [4.78, 5) is 24.1. The first-order valence-corrected chi connectivity index (χ1v) is 9.31. The van der Waals surface area contributed by atoms with E-state index in [1.54, 1.807) is 36.4 Å². The molecule has 140 valence electrons. The number of carbonyl (C=O) groups excluding carboxylic acids is 2. The zero-order valence-corrected chi connectivity index (χ0v) is 15.6. The summed E-state index contributed by atoms with van der Waals surface area (Å²) >= 11 is 1.07. The van der Waals surface area contributed by atoms with Crippen molar-refractivity contribution < 1.29 is 19.1 Å². The van der Waals surface area contributed by atoms with E-state index in [0.717, 1.165) is 24.6 Å². The molecule has 0 bridgehead atoms. The third-order valence-corrected chi connectivity index (χ3v) is 4.29. The molecule has 3 rings (SSSR count). The number of anilines is 1. The van der Waals surface area contributed by atoms with Crippen molar-refractivity contribution in [2.45, 2.75) is 19.8 Å². The number of esters is 1. The molecule has 0 aliphatic rings. The number of ether oxygens (including phenoxy) is 2. The number of aromatic nitrogens is 2. The van der Waals surface area contributed by atoms with Gasteiger partial charge >= 0.3 is 5.97 Å². The predicted molar refractivity (Wildman–Crippen MR) is 103 cm³/mol. The van der Waals surface area contributed by atoms with Crippen LogP contribution in [0.1, 0.15) is 30.1 Å². The average molecular weight is 385 g/mol. The van der Waals surface area contributed by atoms with Gasteiger partial charge in [-0.2, -0.15) is 8.75 Å². The third kappa shape index (κ3) is 5.01. The van der Waals surface area contributed by atoms with E-state index in [0.29, 0.717) is 34.6 Å². The highest BCUT2D eigenvalue weighted by molar-refractivity contribution is 7.00. The van der Waals surface area contributed by atoms with Crippen molar-refractivity contribution in [3.63, 3.8) is 0 Å². The second kappa shape index (κ2) is 9.09. The molecule has 1 aromatic heterocycles. The van der Waals surface area contributed by atoms with Gasteiger partial charge < -0.3 is 14.8 Å². The Hall–Kier alpha value is -3.00. The van der Waals surface area contributed by atoms with E-state index in [-0.39, 0.29) is 6.61 Å². The van der Waals surface area contributed by atoms with Gasteiger partial charge in [-0.05, 0) is 42.8 Å². The maximum absolute atomic E-state index is 12.1. The van der Waals surface area contributed by atoms with E-state index >= 15 is 0 Å². The summed E-state index contributed by atoms with van der Waals surface area (Å²) in [6.07, 6.45) is 2.03. The number of nitrogens with zero attached hydrogens (tertiary/aromatic N) is 2. The van der Waals surface area contributed by atoms with E-state index < -0.39 is 11.9 Å². The summed E-state index contributed by atoms with van der Waals surface area (Å²) < 4.78 is 18.9. The van der Waals surface area contributed by atoms with E-state index in [1.807, 2.05) is 6.07 Å². The molecular formula is C19H19N3O4S. The van der Waals surface area contributed by atoms with Crippen molar-refractivity contribution in [2.75, 3.05) is 18.5 Å². The molecule has 0 aliphatic heterocycles. The fourth-order valence-corrected chi connectivity index (χ4v) is 2.88. The molecule has 0 spiro atoms. The number of hydrogen-bond donors (Lipinski definition) is 1. The SMILES string of the molecule is CCCCOc1ccc(C(=O)OCC(=O)Nc2cccc3nsnc23)cc1.